The maximum atomic E-state index is 10.9. The van der Waals surface area contributed by atoms with E-state index >= 15 is 0 Å². The summed E-state index contributed by atoms with van der Waals surface area (Å²) in [5.74, 6) is 1.33. The summed E-state index contributed by atoms with van der Waals surface area (Å²) in [6, 6.07) is 0. The Morgan fingerprint density at radius 3 is 3.07 bits per heavy atom. The van der Waals surface area contributed by atoms with Gasteiger partial charge in [0.05, 0.1) is 13.5 Å². The van der Waals surface area contributed by atoms with Crippen LogP contribution in [0.5, 0.6) is 0 Å². The van der Waals surface area contributed by atoms with Crippen LogP contribution in [0.25, 0.3) is 0 Å². The molecule has 1 saturated heterocycles. The fraction of sp³-hybridized carbons (Fsp3) is 0.667. The van der Waals surface area contributed by atoms with Crippen LogP contribution in [0.1, 0.15) is 24.1 Å². The highest BCUT2D eigenvalue weighted by molar-refractivity contribution is 5.69. The number of hydrogen-bond donors (Lipinski definition) is 1. The van der Waals surface area contributed by atoms with Crippen molar-refractivity contribution in [2.24, 2.45) is 0 Å². The lowest BCUT2D eigenvalue weighted by Gasteiger charge is -2.23. The number of ether oxygens (including phenoxy) is 1. The van der Waals surface area contributed by atoms with Gasteiger partial charge in [-0.15, -0.1) is 0 Å². The highest BCUT2D eigenvalue weighted by atomic mass is 16.5. The number of carbonyl (C=O) groups excluding carboxylic acids is 1. The van der Waals surface area contributed by atoms with Gasteiger partial charge in [0.25, 0.3) is 0 Å². The van der Waals surface area contributed by atoms with E-state index in [2.05, 4.69) is 20.2 Å². The number of carbonyl (C=O) groups is 1. The summed E-state index contributed by atoms with van der Waals surface area (Å²) in [5.41, 5.74) is 0. The Balaban J connectivity index is 1.86. The molecule has 0 amide bonds. The van der Waals surface area contributed by atoms with Gasteiger partial charge in [-0.25, -0.2) is 0 Å². The predicted octanol–water partition coefficient (Wildman–Crippen LogP) is -0.138. The largest absolute Gasteiger partial charge is 0.469 e. The topological polar surface area (TPSA) is 77.2 Å². The number of nitrogens with one attached hydrogen (secondary N) is 1. The van der Waals surface area contributed by atoms with E-state index in [1.54, 1.807) is 0 Å². The second kappa shape index (κ2) is 4.39. The summed E-state index contributed by atoms with van der Waals surface area (Å²) in [6.45, 7) is 1.80. The van der Waals surface area contributed by atoms with Gasteiger partial charge in [-0.1, -0.05) is 5.16 Å². The highest BCUT2D eigenvalue weighted by Crippen LogP contribution is 2.16. The summed E-state index contributed by atoms with van der Waals surface area (Å²) < 4.78 is 9.54. The smallest absolute Gasteiger partial charge is 0.306 e. The fourth-order valence-corrected chi connectivity index (χ4v) is 1.32. The molecule has 0 aromatic carbocycles. The van der Waals surface area contributed by atoms with Crippen molar-refractivity contribution >= 4 is 5.97 Å². The Morgan fingerprint density at radius 2 is 2.47 bits per heavy atom. The van der Waals surface area contributed by atoms with Crippen molar-refractivity contribution < 1.29 is 14.1 Å². The first-order valence-electron chi connectivity index (χ1n) is 4.89. The Morgan fingerprint density at radius 1 is 1.67 bits per heavy atom. The molecule has 0 unspecified atom stereocenters. The Kier molecular flexibility index (Phi) is 2.96. The van der Waals surface area contributed by atoms with Crippen LogP contribution in [-0.4, -0.2) is 36.3 Å². The van der Waals surface area contributed by atoms with Gasteiger partial charge in [0.1, 0.15) is 0 Å². The lowest BCUT2D eigenvalue weighted by molar-refractivity contribution is -0.140. The van der Waals surface area contributed by atoms with E-state index in [1.807, 2.05) is 0 Å². The van der Waals surface area contributed by atoms with Gasteiger partial charge in [0, 0.05) is 25.4 Å². The van der Waals surface area contributed by atoms with Crippen molar-refractivity contribution in [3.8, 4) is 0 Å². The molecule has 1 aromatic heterocycles. The first-order valence-corrected chi connectivity index (χ1v) is 4.89. The van der Waals surface area contributed by atoms with Crippen LogP contribution in [0.3, 0.4) is 0 Å². The van der Waals surface area contributed by atoms with E-state index in [4.69, 9.17) is 4.52 Å². The van der Waals surface area contributed by atoms with E-state index in [-0.39, 0.29) is 12.4 Å². The second-order valence-corrected chi connectivity index (χ2v) is 3.48. The third-order valence-electron chi connectivity index (χ3n) is 2.40. The molecule has 0 aliphatic carbocycles. The van der Waals surface area contributed by atoms with Crippen molar-refractivity contribution in [3.63, 3.8) is 0 Å². The maximum Gasteiger partial charge on any atom is 0.306 e. The molecule has 1 aromatic rings. The van der Waals surface area contributed by atoms with Crippen LogP contribution in [-0.2, 0) is 16.0 Å². The number of aromatic nitrogens is 2. The lowest BCUT2D eigenvalue weighted by atomic mass is 10.0. The van der Waals surface area contributed by atoms with Crippen molar-refractivity contribution in [1.82, 2.24) is 15.5 Å². The van der Waals surface area contributed by atoms with Gasteiger partial charge in [-0.2, -0.15) is 4.98 Å². The quantitative estimate of drug-likeness (QED) is 0.698. The number of esters is 1. The fourth-order valence-electron chi connectivity index (χ4n) is 1.32. The summed E-state index contributed by atoms with van der Waals surface area (Å²) in [5, 5.41) is 7.00. The number of methoxy groups -OCH3 is 1. The third-order valence-corrected chi connectivity index (χ3v) is 2.40. The molecule has 0 spiro atoms. The zero-order chi connectivity index (χ0) is 10.7. The molecule has 0 radical (unpaired) electrons. The summed E-state index contributed by atoms with van der Waals surface area (Å²) >= 11 is 0. The minimum absolute atomic E-state index is 0.264. The molecule has 0 bridgehead atoms. The molecule has 1 aliphatic rings. The predicted molar refractivity (Wildman–Crippen MR) is 50.2 cm³/mol. The van der Waals surface area contributed by atoms with E-state index in [1.165, 1.54) is 7.11 Å². The summed E-state index contributed by atoms with van der Waals surface area (Å²) in [7, 11) is 1.36. The zero-order valence-electron chi connectivity index (χ0n) is 8.52. The third kappa shape index (κ3) is 2.33. The van der Waals surface area contributed by atoms with Gasteiger partial charge < -0.3 is 14.6 Å². The molecular formula is C9H13N3O3. The van der Waals surface area contributed by atoms with Crippen LogP contribution < -0.4 is 5.32 Å². The second-order valence-electron chi connectivity index (χ2n) is 3.48. The van der Waals surface area contributed by atoms with Crippen LogP contribution in [0, 0.1) is 0 Å². The van der Waals surface area contributed by atoms with E-state index < -0.39 is 0 Å². The highest BCUT2D eigenvalue weighted by Gasteiger charge is 2.24. The number of rotatable bonds is 4. The average molecular weight is 211 g/mol. The molecule has 2 rings (SSSR count). The summed E-state index contributed by atoms with van der Waals surface area (Å²) in [4.78, 5) is 15.1. The van der Waals surface area contributed by atoms with Gasteiger partial charge in [0.2, 0.25) is 5.89 Å². The van der Waals surface area contributed by atoms with E-state index in [0.717, 1.165) is 18.9 Å². The number of aryl methyl sites for hydroxylation is 1. The van der Waals surface area contributed by atoms with Crippen LogP contribution in [0.15, 0.2) is 4.52 Å². The van der Waals surface area contributed by atoms with Crippen LogP contribution >= 0.6 is 0 Å². The molecule has 1 aliphatic heterocycles. The molecular weight excluding hydrogens is 198 g/mol. The minimum Gasteiger partial charge on any atom is -0.469 e. The Labute approximate surface area is 87.0 Å². The van der Waals surface area contributed by atoms with E-state index in [9.17, 15) is 4.79 Å². The molecule has 6 nitrogen and oxygen atoms in total. The van der Waals surface area contributed by atoms with Gasteiger partial charge in [-0.3, -0.25) is 4.79 Å². The van der Waals surface area contributed by atoms with Crippen LogP contribution in [0.4, 0.5) is 0 Å². The van der Waals surface area contributed by atoms with Gasteiger partial charge in [-0.05, 0) is 0 Å². The average Bonchev–Trinajstić information content (AvgIpc) is 2.60. The molecule has 1 N–H and O–H groups in total. The molecule has 1 fully saturated rings. The van der Waals surface area contributed by atoms with Crippen molar-refractivity contribution in [1.29, 1.82) is 0 Å². The first-order chi connectivity index (χ1) is 7.29. The molecule has 15 heavy (non-hydrogen) atoms. The van der Waals surface area contributed by atoms with Crippen LogP contribution in [0.2, 0.25) is 0 Å². The molecule has 0 atom stereocenters. The molecule has 2 heterocycles. The summed E-state index contributed by atoms with van der Waals surface area (Å²) in [6.07, 6.45) is 0.723. The molecule has 6 heteroatoms. The SMILES string of the molecule is COC(=O)CCc1nc(C2CNC2)no1. The Bertz CT molecular complexity index is 346. The first kappa shape index (κ1) is 10.1. The van der Waals surface area contributed by atoms with Crippen molar-refractivity contribution in [3.05, 3.63) is 11.7 Å². The Hall–Kier alpha value is -1.43. The van der Waals surface area contributed by atoms with E-state index in [0.29, 0.717) is 18.2 Å². The van der Waals surface area contributed by atoms with Crippen molar-refractivity contribution in [2.45, 2.75) is 18.8 Å². The zero-order valence-corrected chi connectivity index (χ0v) is 8.52. The standard InChI is InChI=1S/C9H13N3O3/c1-14-8(13)3-2-7-11-9(12-15-7)6-4-10-5-6/h6,10H,2-5H2,1H3. The maximum absolute atomic E-state index is 10.9. The normalized spacial score (nSPS) is 16.1. The monoisotopic (exact) mass is 211 g/mol. The number of nitrogens with zero attached hydrogens (tertiary/aromatic N) is 2. The van der Waals surface area contributed by atoms with Gasteiger partial charge >= 0.3 is 5.97 Å². The minimum atomic E-state index is -0.264. The number of hydrogen-bond acceptors (Lipinski definition) is 6. The molecule has 0 saturated carbocycles. The molecule has 82 valence electrons. The van der Waals surface area contributed by atoms with Gasteiger partial charge in [0.15, 0.2) is 5.82 Å². The lowest BCUT2D eigenvalue weighted by Crippen LogP contribution is -2.40. The van der Waals surface area contributed by atoms with Crippen molar-refractivity contribution in [2.75, 3.05) is 20.2 Å².